The number of amides is 1. The molecule has 0 aliphatic heterocycles. The average Bonchev–Trinajstić information content (AvgIpc) is 3.15. The van der Waals surface area contributed by atoms with Crippen LogP contribution in [0.1, 0.15) is 17.1 Å². The molecule has 0 saturated carbocycles. The zero-order chi connectivity index (χ0) is 20.9. The molecule has 2 aromatic carbocycles. The van der Waals surface area contributed by atoms with Crippen LogP contribution >= 0.6 is 11.6 Å². The lowest BCUT2D eigenvalue weighted by Gasteiger charge is -2.12. The standard InChI is InChI=1S/C20H15ClF3N3O2/c1-10-3-4-15-16(5-10)27(19(26-15)20(22,23)24)9-17(28)25-13-7-12-6-11(2)29-18(12)14(21)8-13/h3-8H,9H2,1-2H3,(H,25,28). The predicted molar refractivity (Wildman–Crippen MR) is 104 cm³/mol. The zero-order valence-corrected chi connectivity index (χ0v) is 16.1. The second-order valence-electron chi connectivity index (χ2n) is 6.79. The summed E-state index contributed by atoms with van der Waals surface area (Å²) in [5.74, 6) is -1.10. The van der Waals surface area contributed by atoms with Crippen LogP contribution in [0.3, 0.4) is 0 Å². The Labute approximate surface area is 168 Å². The van der Waals surface area contributed by atoms with Crippen molar-refractivity contribution in [2.45, 2.75) is 26.6 Å². The van der Waals surface area contributed by atoms with Crippen molar-refractivity contribution in [1.29, 1.82) is 0 Å². The molecule has 0 aliphatic carbocycles. The summed E-state index contributed by atoms with van der Waals surface area (Å²) in [4.78, 5) is 16.2. The summed E-state index contributed by atoms with van der Waals surface area (Å²) in [7, 11) is 0. The van der Waals surface area contributed by atoms with E-state index in [1.165, 1.54) is 12.1 Å². The molecule has 4 aromatic rings. The summed E-state index contributed by atoms with van der Waals surface area (Å²) in [6.07, 6.45) is -4.69. The molecule has 0 bridgehead atoms. The Hall–Kier alpha value is -3.00. The van der Waals surface area contributed by atoms with E-state index in [1.54, 1.807) is 38.1 Å². The molecule has 2 aromatic heterocycles. The van der Waals surface area contributed by atoms with Gasteiger partial charge in [0.25, 0.3) is 0 Å². The molecular weight excluding hydrogens is 407 g/mol. The van der Waals surface area contributed by atoms with Gasteiger partial charge in [-0.3, -0.25) is 4.79 Å². The second-order valence-corrected chi connectivity index (χ2v) is 7.20. The molecule has 0 atom stereocenters. The van der Waals surface area contributed by atoms with Crippen molar-refractivity contribution in [3.8, 4) is 0 Å². The molecule has 4 rings (SSSR count). The Morgan fingerprint density at radius 1 is 1.21 bits per heavy atom. The van der Waals surface area contributed by atoms with Crippen LogP contribution in [0, 0.1) is 13.8 Å². The van der Waals surface area contributed by atoms with E-state index in [0.29, 0.717) is 27.4 Å². The molecule has 150 valence electrons. The zero-order valence-electron chi connectivity index (χ0n) is 15.4. The fraction of sp³-hybridized carbons (Fsp3) is 0.200. The average molecular weight is 422 g/mol. The van der Waals surface area contributed by atoms with Gasteiger partial charge in [-0.05, 0) is 49.7 Å². The van der Waals surface area contributed by atoms with Gasteiger partial charge in [0, 0.05) is 11.1 Å². The Morgan fingerprint density at radius 2 is 1.97 bits per heavy atom. The van der Waals surface area contributed by atoms with Crippen molar-refractivity contribution in [2.75, 3.05) is 5.32 Å². The number of benzene rings is 2. The van der Waals surface area contributed by atoms with Crippen molar-refractivity contribution in [1.82, 2.24) is 9.55 Å². The Bertz CT molecular complexity index is 1260. The van der Waals surface area contributed by atoms with Gasteiger partial charge in [-0.1, -0.05) is 17.7 Å². The monoisotopic (exact) mass is 421 g/mol. The number of fused-ring (bicyclic) bond motifs is 2. The molecule has 0 aliphatic rings. The summed E-state index contributed by atoms with van der Waals surface area (Å²) >= 11 is 6.17. The number of aromatic nitrogens is 2. The van der Waals surface area contributed by atoms with Gasteiger partial charge in [-0.25, -0.2) is 4.98 Å². The molecule has 0 fully saturated rings. The topological polar surface area (TPSA) is 60.1 Å². The number of carbonyl (C=O) groups is 1. The number of furan rings is 1. The van der Waals surface area contributed by atoms with Crippen LogP contribution in [-0.4, -0.2) is 15.5 Å². The highest BCUT2D eigenvalue weighted by Crippen LogP contribution is 2.33. The lowest BCUT2D eigenvalue weighted by molar-refractivity contribution is -0.147. The number of rotatable bonds is 3. The fourth-order valence-corrected chi connectivity index (χ4v) is 3.53. The fourth-order valence-electron chi connectivity index (χ4n) is 3.26. The molecular formula is C20H15ClF3N3O2. The van der Waals surface area contributed by atoms with Gasteiger partial charge >= 0.3 is 6.18 Å². The van der Waals surface area contributed by atoms with Crippen LogP contribution in [-0.2, 0) is 17.5 Å². The highest BCUT2D eigenvalue weighted by Gasteiger charge is 2.38. The third kappa shape index (κ3) is 3.67. The molecule has 1 N–H and O–H groups in total. The van der Waals surface area contributed by atoms with Crippen molar-refractivity contribution < 1.29 is 22.4 Å². The van der Waals surface area contributed by atoms with Crippen molar-refractivity contribution >= 4 is 45.2 Å². The van der Waals surface area contributed by atoms with Gasteiger partial charge in [-0.2, -0.15) is 13.2 Å². The second kappa shape index (κ2) is 6.81. The third-order valence-electron chi connectivity index (χ3n) is 4.44. The summed E-state index contributed by atoms with van der Waals surface area (Å²) in [5.41, 5.74) is 2.03. The first-order valence-electron chi connectivity index (χ1n) is 8.65. The van der Waals surface area contributed by atoms with Crippen molar-refractivity contribution in [3.63, 3.8) is 0 Å². The molecule has 2 heterocycles. The summed E-state index contributed by atoms with van der Waals surface area (Å²) in [6.45, 7) is 2.97. The minimum atomic E-state index is -4.69. The Balaban J connectivity index is 1.68. The summed E-state index contributed by atoms with van der Waals surface area (Å²) in [5, 5.41) is 3.58. The lowest BCUT2D eigenvalue weighted by Crippen LogP contribution is -2.23. The molecule has 9 heteroatoms. The van der Waals surface area contributed by atoms with Crippen molar-refractivity contribution in [3.05, 3.63) is 58.6 Å². The van der Waals surface area contributed by atoms with Crippen LogP contribution in [0.2, 0.25) is 5.02 Å². The van der Waals surface area contributed by atoms with Crippen LogP contribution in [0.5, 0.6) is 0 Å². The van der Waals surface area contributed by atoms with Gasteiger partial charge < -0.3 is 14.3 Å². The summed E-state index contributed by atoms with van der Waals surface area (Å²) < 4.78 is 46.7. The van der Waals surface area contributed by atoms with E-state index in [4.69, 9.17) is 16.0 Å². The van der Waals surface area contributed by atoms with E-state index < -0.39 is 24.5 Å². The van der Waals surface area contributed by atoms with E-state index in [0.717, 1.165) is 10.1 Å². The number of alkyl halides is 3. The number of aryl methyl sites for hydroxylation is 2. The first-order chi connectivity index (χ1) is 13.6. The number of nitrogens with one attached hydrogen (secondary N) is 1. The number of carbonyl (C=O) groups excluding carboxylic acids is 1. The van der Waals surface area contributed by atoms with Gasteiger partial charge in [0.05, 0.1) is 16.1 Å². The van der Waals surface area contributed by atoms with E-state index in [1.807, 2.05) is 0 Å². The SMILES string of the molecule is Cc1ccc2nc(C(F)(F)F)n(CC(=O)Nc3cc(Cl)c4oc(C)cc4c3)c2c1. The van der Waals surface area contributed by atoms with Crippen LogP contribution in [0.4, 0.5) is 18.9 Å². The number of hydrogen-bond donors (Lipinski definition) is 1. The first kappa shape index (κ1) is 19.3. The number of anilines is 1. The van der Waals surface area contributed by atoms with Gasteiger partial charge in [0.1, 0.15) is 12.3 Å². The third-order valence-corrected chi connectivity index (χ3v) is 4.72. The van der Waals surface area contributed by atoms with E-state index >= 15 is 0 Å². The smallest absolute Gasteiger partial charge is 0.449 e. The van der Waals surface area contributed by atoms with E-state index in [-0.39, 0.29) is 11.0 Å². The minimum absolute atomic E-state index is 0.175. The predicted octanol–water partition coefficient (Wildman–Crippen LogP) is 5.71. The molecule has 0 spiro atoms. The van der Waals surface area contributed by atoms with Gasteiger partial charge in [0.15, 0.2) is 5.58 Å². The van der Waals surface area contributed by atoms with E-state index in [9.17, 15) is 18.0 Å². The number of hydrogen-bond acceptors (Lipinski definition) is 3. The Morgan fingerprint density at radius 3 is 2.69 bits per heavy atom. The number of nitrogens with zero attached hydrogens (tertiary/aromatic N) is 2. The van der Waals surface area contributed by atoms with Crippen molar-refractivity contribution in [2.24, 2.45) is 0 Å². The highest BCUT2D eigenvalue weighted by molar-refractivity contribution is 6.35. The van der Waals surface area contributed by atoms with E-state index in [2.05, 4.69) is 10.3 Å². The van der Waals surface area contributed by atoms with Gasteiger partial charge in [-0.15, -0.1) is 0 Å². The molecule has 0 saturated heterocycles. The quantitative estimate of drug-likeness (QED) is 0.461. The molecule has 29 heavy (non-hydrogen) atoms. The van der Waals surface area contributed by atoms with Gasteiger partial charge in [0.2, 0.25) is 11.7 Å². The van der Waals surface area contributed by atoms with Crippen LogP contribution in [0.25, 0.3) is 22.0 Å². The number of imidazole rings is 1. The highest BCUT2D eigenvalue weighted by atomic mass is 35.5. The normalized spacial score (nSPS) is 12.1. The molecule has 1 amide bonds. The summed E-state index contributed by atoms with van der Waals surface area (Å²) in [6, 6.07) is 9.64. The first-order valence-corrected chi connectivity index (χ1v) is 9.03. The maximum atomic E-state index is 13.5. The maximum absolute atomic E-state index is 13.5. The maximum Gasteiger partial charge on any atom is 0.449 e. The molecule has 5 nitrogen and oxygen atoms in total. The molecule has 0 radical (unpaired) electrons. The minimum Gasteiger partial charge on any atom is -0.460 e. The molecule has 0 unspecified atom stereocenters. The largest absolute Gasteiger partial charge is 0.460 e. The lowest BCUT2D eigenvalue weighted by atomic mass is 10.2. The van der Waals surface area contributed by atoms with Crippen LogP contribution in [0.15, 0.2) is 40.8 Å². The van der Waals surface area contributed by atoms with Crippen LogP contribution < -0.4 is 5.32 Å². The Kier molecular flexibility index (Phi) is 4.53. The number of halogens is 4.